The van der Waals surface area contributed by atoms with E-state index in [1.54, 1.807) is 16.7 Å². The molecule has 2 aromatic carbocycles. The number of benzene rings is 2. The standard InChI is InChI=1S/C36H50Cl2N4O8S/c1-26-30(37)13-14-31(34(26)38)51(47,48)42(21-17-28-11-7-6-8-12-28)25-32(44)39-23-33(45)41(18-9-10-22-49-27(2)43)24-29-15-19-40(20-16-29)35(46)50-36(3,4)5/h6-8,11-14,29H,9-10,15-25H2,1-5H3,(H,39,44). The fraction of sp³-hybridized carbons (Fsp3) is 0.556. The molecule has 0 spiro atoms. The highest BCUT2D eigenvalue weighted by molar-refractivity contribution is 7.89. The van der Waals surface area contributed by atoms with Crippen molar-refractivity contribution in [2.45, 2.75) is 77.2 Å². The summed E-state index contributed by atoms with van der Waals surface area (Å²) in [5, 5.41) is 2.91. The number of ether oxygens (including phenoxy) is 2. The van der Waals surface area contributed by atoms with Gasteiger partial charge in [0.15, 0.2) is 0 Å². The van der Waals surface area contributed by atoms with Gasteiger partial charge in [-0.15, -0.1) is 0 Å². The van der Waals surface area contributed by atoms with Crippen molar-refractivity contribution in [3.05, 3.63) is 63.6 Å². The summed E-state index contributed by atoms with van der Waals surface area (Å²) in [6.07, 6.45) is 2.43. The number of amides is 3. The molecule has 51 heavy (non-hydrogen) atoms. The molecule has 0 bridgehead atoms. The van der Waals surface area contributed by atoms with E-state index in [0.29, 0.717) is 68.9 Å². The molecule has 1 fully saturated rings. The van der Waals surface area contributed by atoms with Crippen molar-refractivity contribution in [3.63, 3.8) is 0 Å². The molecule has 2 aromatic rings. The molecule has 0 atom stereocenters. The number of rotatable bonds is 16. The average Bonchev–Trinajstić information content (AvgIpc) is 3.07. The van der Waals surface area contributed by atoms with Crippen LogP contribution in [-0.4, -0.2) is 104 Å². The summed E-state index contributed by atoms with van der Waals surface area (Å²) < 4.78 is 39.3. The van der Waals surface area contributed by atoms with Gasteiger partial charge in [-0.1, -0.05) is 53.5 Å². The third-order valence-electron chi connectivity index (χ3n) is 8.38. The smallest absolute Gasteiger partial charge is 0.410 e. The largest absolute Gasteiger partial charge is 0.466 e. The van der Waals surface area contributed by atoms with Crippen LogP contribution >= 0.6 is 23.2 Å². The van der Waals surface area contributed by atoms with Crippen LogP contribution in [0.25, 0.3) is 0 Å². The Balaban J connectivity index is 1.68. The number of carbonyl (C=O) groups excluding carboxylic acids is 4. The lowest BCUT2D eigenvalue weighted by atomic mass is 9.96. The van der Waals surface area contributed by atoms with E-state index in [4.69, 9.17) is 32.7 Å². The Kier molecular flexibility index (Phi) is 16.0. The summed E-state index contributed by atoms with van der Waals surface area (Å²) in [5.41, 5.74) is 0.688. The normalized spacial score (nSPS) is 13.9. The fourth-order valence-electron chi connectivity index (χ4n) is 5.53. The molecule has 1 saturated heterocycles. The zero-order valence-electron chi connectivity index (χ0n) is 30.1. The Morgan fingerprint density at radius 2 is 1.65 bits per heavy atom. The quantitative estimate of drug-likeness (QED) is 0.175. The first-order valence-electron chi connectivity index (χ1n) is 17.1. The summed E-state index contributed by atoms with van der Waals surface area (Å²) in [4.78, 5) is 53.7. The number of sulfonamides is 1. The van der Waals surface area contributed by atoms with Crippen LogP contribution in [0.4, 0.5) is 4.79 Å². The van der Waals surface area contributed by atoms with Gasteiger partial charge in [-0.2, -0.15) is 4.31 Å². The first-order valence-corrected chi connectivity index (χ1v) is 19.3. The predicted molar refractivity (Wildman–Crippen MR) is 196 cm³/mol. The Bertz CT molecular complexity index is 1610. The molecule has 0 radical (unpaired) electrons. The van der Waals surface area contributed by atoms with Crippen molar-refractivity contribution < 1.29 is 37.1 Å². The molecule has 0 unspecified atom stereocenters. The summed E-state index contributed by atoms with van der Waals surface area (Å²) in [6, 6.07) is 12.1. The highest BCUT2D eigenvalue weighted by Gasteiger charge is 2.31. The van der Waals surface area contributed by atoms with Crippen LogP contribution in [0, 0.1) is 12.8 Å². The number of halogens is 2. The molecule has 12 nitrogen and oxygen atoms in total. The van der Waals surface area contributed by atoms with Crippen molar-refractivity contribution in [2.75, 3.05) is 52.4 Å². The SMILES string of the molecule is CC(=O)OCCCCN(CC1CCN(C(=O)OC(C)(C)C)CC1)C(=O)CNC(=O)CN(CCc1ccccc1)S(=O)(=O)c1ccc(Cl)c(C)c1Cl. The molecule has 0 aromatic heterocycles. The fourth-order valence-corrected chi connectivity index (χ4v) is 7.71. The van der Waals surface area contributed by atoms with E-state index >= 15 is 0 Å². The van der Waals surface area contributed by atoms with Crippen molar-refractivity contribution in [3.8, 4) is 0 Å². The number of likely N-dealkylation sites (tertiary alicyclic amines) is 1. The molecule has 0 saturated carbocycles. The van der Waals surface area contributed by atoms with Crippen LogP contribution in [0.1, 0.15) is 64.5 Å². The van der Waals surface area contributed by atoms with Gasteiger partial charge in [0.25, 0.3) is 0 Å². The molecule has 15 heteroatoms. The minimum Gasteiger partial charge on any atom is -0.466 e. The van der Waals surface area contributed by atoms with Crippen LogP contribution in [-0.2, 0) is 40.3 Å². The maximum atomic E-state index is 13.9. The van der Waals surface area contributed by atoms with Gasteiger partial charge in [0.05, 0.1) is 24.7 Å². The first-order chi connectivity index (χ1) is 24.0. The number of hydrogen-bond acceptors (Lipinski definition) is 8. The molecule has 1 heterocycles. The summed E-state index contributed by atoms with van der Waals surface area (Å²) in [6.45, 7) is 9.52. The van der Waals surface area contributed by atoms with E-state index < -0.39 is 28.1 Å². The summed E-state index contributed by atoms with van der Waals surface area (Å²) >= 11 is 12.6. The Morgan fingerprint density at radius 1 is 0.980 bits per heavy atom. The highest BCUT2D eigenvalue weighted by Crippen LogP contribution is 2.32. The van der Waals surface area contributed by atoms with Gasteiger partial charge >= 0.3 is 12.1 Å². The second kappa shape index (κ2) is 19.4. The molecule has 0 aliphatic carbocycles. The molecule has 282 valence electrons. The van der Waals surface area contributed by atoms with Gasteiger partial charge in [0.1, 0.15) is 10.5 Å². The number of nitrogens with zero attached hydrogens (tertiary/aromatic N) is 3. The number of nitrogens with one attached hydrogen (secondary N) is 1. The van der Waals surface area contributed by atoms with Crippen LogP contribution in [0.2, 0.25) is 10.0 Å². The van der Waals surface area contributed by atoms with Crippen molar-refractivity contribution in [1.29, 1.82) is 0 Å². The Labute approximate surface area is 311 Å². The van der Waals surface area contributed by atoms with E-state index in [1.807, 2.05) is 51.1 Å². The molecular formula is C36H50Cl2N4O8S. The van der Waals surface area contributed by atoms with E-state index in [2.05, 4.69) is 5.32 Å². The van der Waals surface area contributed by atoms with E-state index in [0.717, 1.165) is 9.87 Å². The highest BCUT2D eigenvalue weighted by atomic mass is 35.5. The molecule has 3 rings (SSSR count). The van der Waals surface area contributed by atoms with Crippen LogP contribution < -0.4 is 5.32 Å². The van der Waals surface area contributed by atoms with Gasteiger partial charge < -0.3 is 24.6 Å². The summed E-state index contributed by atoms with van der Waals surface area (Å²) in [5.74, 6) is -1.25. The lowest BCUT2D eigenvalue weighted by molar-refractivity contribution is -0.141. The van der Waals surface area contributed by atoms with E-state index in [1.165, 1.54) is 19.1 Å². The topological polar surface area (TPSA) is 143 Å². The van der Waals surface area contributed by atoms with Crippen molar-refractivity contribution in [2.24, 2.45) is 5.92 Å². The minimum absolute atomic E-state index is 0.0117. The second-order valence-electron chi connectivity index (χ2n) is 13.6. The molecule has 1 aliphatic heterocycles. The van der Waals surface area contributed by atoms with Gasteiger partial charge in [-0.3, -0.25) is 14.4 Å². The Morgan fingerprint density at radius 3 is 2.27 bits per heavy atom. The van der Waals surface area contributed by atoms with Gasteiger partial charge in [0.2, 0.25) is 21.8 Å². The number of hydrogen-bond donors (Lipinski definition) is 1. The van der Waals surface area contributed by atoms with Crippen LogP contribution in [0.15, 0.2) is 47.4 Å². The lowest BCUT2D eigenvalue weighted by Gasteiger charge is -2.35. The van der Waals surface area contributed by atoms with E-state index in [-0.39, 0.29) is 53.5 Å². The number of carbonyl (C=O) groups is 4. The zero-order valence-corrected chi connectivity index (χ0v) is 32.4. The number of piperidine rings is 1. The third kappa shape index (κ3) is 13.6. The third-order valence-corrected chi connectivity index (χ3v) is 11.3. The zero-order chi connectivity index (χ0) is 37.8. The molecule has 1 aliphatic rings. The van der Waals surface area contributed by atoms with E-state index in [9.17, 15) is 27.6 Å². The van der Waals surface area contributed by atoms with Gasteiger partial charge in [-0.25, -0.2) is 13.2 Å². The van der Waals surface area contributed by atoms with Crippen molar-refractivity contribution in [1.82, 2.24) is 19.4 Å². The number of unbranched alkanes of at least 4 members (excludes halogenated alkanes) is 1. The molecule has 1 N–H and O–H groups in total. The number of esters is 1. The second-order valence-corrected chi connectivity index (χ2v) is 16.3. The van der Waals surface area contributed by atoms with Crippen LogP contribution in [0.5, 0.6) is 0 Å². The molecule has 3 amide bonds. The van der Waals surface area contributed by atoms with Crippen molar-refractivity contribution >= 4 is 57.1 Å². The molecular weight excluding hydrogens is 719 g/mol. The monoisotopic (exact) mass is 768 g/mol. The first kappa shape index (κ1) is 42.0. The van der Waals surface area contributed by atoms with Crippen LogP contribution in [0.3, 0.4) is 0 Å². The maximum absolute atomic E-state index is 13.9. The Hall–Kier alpha value is -3.39. The summed E-state index contributed by atoms with van der Waals surface area (Å²) in [7, 11) is -4.24. The lowest BCUT2D eigenvalue weighted by Crippen LogP contribution is -2.48. The minimum atomic E-state index is -4.24. The predicted octanol–water partition coefficient (Wildman–Crippen LogP) is 5.47. The van der Waals surface area contributed by atoms with Gasteiger partial charge in [-0.05, 0) is 89.0 Å². The van der Waals surface area contributed by atoms with Gasteiger partial charge in [0, 0.05) is 44.7 Å². The average molecular weight is 770 g/mol. The maximum Gasteiger partial charge on any atom is 0.410 e.